The molecule has 1 atom stereocenters. The van der Waals surface area contributed by atoms with Gasteiger partial charge in [0.2, 0.25) is 0 Å². The number of nitro groups is 1. The third kappa shape index (κ3) is 3.22. The molecule has 0 spiro atoms. The lowest BCUT2D eigenvalue weighted by molar-refractivity contribution is -0.384. The molecule has 30 heavy (non-hydrogen) atoms. The molecule has 0 saturated carbocycles. The number of non-ortho nitro benzene ring substituents is 1. The van der Waals surface area contributed by atoms with Gasteiger partial charge in [-0.1, -0.05) is 66.7 Å². The predicted molar refractivity (Wildman–Crippen MR) is 111 cm³/mol. The van der Waals surface area contributed by atoms with Crippen molar-refractivity contribution in [2.24, 2.45) is 0 Å². The molecule has 1 heterocycles. The Labute approximate surface area is 171 Å². The van der Waals surface area contributed by atoms with E-state index in [1.54, 1.807) is 60.7 Å². The first-order valence-electron chi connectivity index (χ1n) is 9.15. The number of nitrogens with zero attached hydrogens (tertiary/aromatic N) is 2. The molecule has 0 radical (unpaired) electrons. The van der Waals surface area contributed by atoms with E-state index in [-0.39, 0.29) is 22.7 Å². The summed E-state index contributed by atoms with van der Waals surface area (Å²) in [4.78, 5) is 37.8. The SMILES string of the molecule is O=C1C(=O)N(c2cccc([N+](=O)[O-])c2)[C@@H](c2ccccc2)C1=C(O)c1ccccc1. The average Bonchev–Trinajstić information content (AvgIpc) is 3.05. The Kier molecular flexibility index (Phi) is 4.85. The van der Waals surface area contributed by atoms with Crippen molar-refractivity contribution >= 4 is 28.8 Å². The number of amides is 1. The van der Waals surface area contributed by atoms with Crippen LogP contribution in [0.5, 0.6) is 0 Å². The quantitative estimate of drug-likeness (QED) is 0.232. The second-order valence-electron chi connectivity index (χ2n) is 6.72. The number of anilines is 1. The van der Waals surface area contributed by atoms with E-state index >= 15 is 0 Å². The van der Waals surface area contributed by atoms with E-state index in [1.165, 1.54) is 29.2 Å². The minimum Gasteiger partial charge on any atom is -0.507 e. The van der Waals surface area contributed by atoms with Crippen molar-refractivity contribution in [3.63, 3.8) is 0 Å². The number of aliphatic hydroxyl groups excluding tert-OH is 1. The molecule has 0 aromatic heterocycles. The summed E-state index contributed by atoms with van der Waals surface area (Å²) in [7, 11) is 0. The molecule has 1 aliphatic heterocycles. The summed E-state index contributed by atoms with van der Waals surface area (Å²) in [6, 6.07) is 21.8. The topological polar surface area (TPSA) is 101 Å². The van der Waals surface area contributed by atoms with Gasteiger partial charge in [-0.05, 0) is 11.6 Å². The van der Waals surface area contributed by atoms with Crippen molar-refractivity contribution in [2.75, 3.05) is 4.90 Å². The maximum Gasteiger partial charge on any atom is 0.300 e. The highest BCUT2D eigenvalue weighted by atomic mass is 16.6. The number of Topliss-reactive ketones (excluding diaryl/α,β-unsaturated/α-hetero) is 1. The van der Waals surface area contributed by atoms with Gasteiger partial charge >= 0.3 is 0 Å². The van der Waals surface area contributed by atoms with Gasteiger partial charge in [-0.15, -0.1) is 0 Å². The van der Waals surface area contributed by atoms with E-state index in [0.717, 1.165) is 0 Å². The van der Waals surface area contributed by atoms with Crippen LogP contribution in [0.3, 0.4) is 0 Å². The lowest BCUT2D eigenvalue weighted by Crippen LogP contribution is -2.29. The van der Waals surface area contributed by atoms with Gasteiger partial charge in [-0.25, -0.2) is 0 Å². The van der Waals surface area contributed by atoms with E-state index in [9.17, 15) is 24.8 Å². The third-order valence-corrected chi connectivity index (χ3v) is 4.93. The van der Waals surface area contributed by atoms with Crippen LogP contribution in [-0.2, 0) is 9.59 Å². The molecule has 0 aliphatic carbocycles. The van der Waals surface area contributed by atoms with Crippen molar-refractivity contribution < 1.29 is 19.6 Å². The number of hydrogen-bond acceptors (Lipinski definition) is 5. The fourth-order valence-electron chi connectivity index (χ4n) is 3.56. The Morgan fingerprint density at radius 3 is 2.17 bits per heavy atom. The first-order valence-corrected chi connectivity index (χ1v) is 9.15. The Morgan fingerprint density at radius 1 is 0.900 bits per heavy atom. The number of rotatable bonds is 4. The summed E-state index contributed by atoms with van der Waals surface area (Å²) in [6.07, 6.45) is 0. The minimum absolute atomic E-state index is 0.0658. The molecular formula is C23H16N2O5. The maximum absolute atomic E-state index is 13.0. The first-order chi connectivity index (χ1) is 14.5. The highest BCUT2D eigenvalue weighted by Gasteiger charge is 2.47. The van der Waals surface area contributed by atoms with Crippen molar-refractivity contribution in [3.05, 3.63) is 112 Å². The molecule has 7 nitrogen and oxygen atoms in total. The summed E-state index contributed by atoms with van der Waals surface area (Å²) >= 11 is 0. The number of benzene rings is 3. The van der Waals surface area contributed by atoms with Crippen LogP contribution in [0, 0.1) is 10.1 Å². The highest BCUT2D eigenvalue weighted by molar-refractivity contribution is 6.51. The van der Waals surface area contributed by atoms with Gasteiger partial charge in [0.15, 0.2) is 0 Å². The van der Waals surface area contributed by atoms with Gasteiger partial charge in [0.25, 0.3) is 17.4 Å². The van der Waals surface area contributed by atoms with E-state index in [4.69, 9.17) is 0 Å². The molecule has 0 unspecified atom stereocenters. The maximum atomic E-state index is 13.0. The molecule has 1 N–H and O–H groups in total. The number of ketones is 1. The summed E-state index contributed by atoms with van der Waals surface area (Å²) in [5.41, 5.74) is 0.927. The molecule has 3 aromatic carbocycles. The summed E-state index contributed by atoms with van der Waals surface area (Å²) in [6.45, 7) is 0. The number of carbonyl (C=O) groups is 2. The van der Waals surface area contributed by atoms with Crippen LogP contribution >= 0.6 is 0 Å². The lowest BCUT2D eigenvalue weighted by Gasteiger charge is -2.25. The Bertz CT molecular complexity index is 1170. The van der Waals surface area contributed by atoms with Crippen molar-refractivity contribution in [1.29, 1.82) is 0 Å². The zero-order valence-corrected chi connectivity index (χ0v) is 15.6. The molecular weight excluding hydrogens is 384 g/mol. The first kappa shape index (κ1) is 19.1. The molecule has 4 rings (SSSR count). The van der Waals surface area contributed by atoms with Gasteiger partial charge in [-0.2, -0.15) is 0 Å². The minimum atomic E-state index is -0.923. The van der Waals surface area contributed by atoms with Crippen LogP contribution in [0.25, 0.3) is 5.76 Å². The van der Waals surface area contributed by atoms with Crippen LogP contribution in [0.15, 0.2) is 90.5 Å². The van der Waals surface area contributed by atoms with Crippen LogP contribution in [0.1, 0.15) is 17.2 Å². The van der Waals surface area contributed by atoms with Gasteiger partial charge in [0.05, 0.1) is 22.2 Å². The van der Waals surface area contributed by atoms with Gasteiger partial charge < -0.3 is 5.11 Å². The lowest BCUT2D eigenvalue weighted by atomic mass is 9.95. The van der Waals surface area contributed by atoms with Crippen LogP contribution in [-0.4, -0.2) is 21.7 Å². The van der Waals surface area contributed by atoms with Gasteiger partial charge in [0.1, 0.15) is 5.76 Å². The predicted octanol–water partition coefficient (Wildman–Crippen LogP) is 4.22. The summed E-state index contributed by atoms with van der Waals surface area (Å²) in [5, 5.41) is 22.1. The zero-order valence-electron chi connectivity index (χ0n) is 15.6. The summed E-state index contributed by atoms with van der Waals surface area (Å²) < 4.78 is 0. The molecule has 1 fully saturated rings. The Hall–Kier alpha value is -4.26. The second kappa shape index (κ2) is 7.63. The van der Waals surface area contributed by atoms with Gasteiger partial charge in [-0.3, -0.25) is 24.6 Å². The highest BCUT2D eigenvalue weighted by Crippen LogP contribution is 2.42. The zero-order chi connectivity index (χ0) is 21.3. The van der Waals surface area contributed by atoms with Crippen LogP contribution < -0.4 is 4.90 Å². The Balaban J connectivity index is 1.95. The monoisotopic (exact) mass is 400 g/mol. The van der Waals surface area contributed by atoms with Crippen molar-refractivity contribution in [2.45, 2.75) is 6.04 Å². The number of aliphatic hydroxyl groups is 1. The smallest absolute Gasteiger partial charge is 0.300 e. The van der Waals surface area contributed by atoms with Crippen LogP contribution in [0.4, 0.5) is 11.4 Å². The number of hydrogen-bond donors (Lipinski definition) is 1. The molecule has 1 amide bonds. The van der Waals surface area contributed by atoms with Crippen molar-refractivity contribution in [3.8, 4) is 0 Å². The summed E-state index contributed by atoms with van der Waals surface area (Å²) in [5.74, 6) is -2.01. The second-order valence-corrected chi connectivity index (χ2v) is 6.72. The molecule has 7 heteroatoms. The van der Waals surface area contributed by atoms with Crippen LogP contribution in [0.2, 0.25) is 0 Å². The van der Waals surface area contributed by atoms with E-state index in [2.05, 4.69) is 0 Å². The molecule has 1 saturated heterocycles. The largest absolute Gasteiger partial charge is 0.507 e. The average molecular weight is 400 g/mol. The van der Waals surface area contributed by atoms with E-state index in [0.29, 0.717) is 11.1 Å². The number of nitro benzene ring substituents is 1. The van der Waals surface area contributed by atoms with E-state index in [1.807, 2.05) is 0 Å². The van der Waals surface area contributed by atoms with Gasteiger partial charge in [0, 0.05) is 17.7 Å². The fraction of sp³-hybridized carbons (Fsp3) is 0.0435. The molecule has 3 aromatic rings. The number of carbonyl (C=O) groups excluding carboxylic acids is 2. The standard InChI is InChI=1S/C23H16N2O5/c26-21(16-10-5-2-6-11-16)19-20(15-8-3-1-4-9-15)24(23(28)22(19)27)17-12-7-13-18(14-17)25(29)30/h1-14,20,26H/t20-/m0/s1. The molecule has 0 bridgehead atoms. The Morgan fingerprint density at radius 2 is 1.53 bits per heavy atom. The molecule has 148 valence electrons. The van der Waals surface area contributed by atoms with Crippen molar-refractivity contribution in [1.82, 2.24) is 0 Å². The fourth-order valence-corrected chi connectivity index (χ4v) is 3.56. The molecule has 1 aliphatic rings. The third-order valence-electron chi connectivity index (χ3n) is 4.93. The normalized spacial score (nSPS) is 17.9. The van der Waals surface area contributed by atoms with E-state index < -0.39 is 22.7 Å².